The van der Waals surface area contributed by atoms with Gasteiger partial charge in [-0.2, -0.15) is 4.98 Å². The Morgan fingerprint density at radius 3 is 2.38 bits per heavy atom. The van der Waals surface area contributed by atoms with E-state index in [0.29, 0.717) is 35.2 Å². The van der Waals surface area contributed by atoms with Gasteiger partial charge in [0.1, 0.15) is 17.3 Å². The minimum absolute atomic E-state index is 0.00972. The third-order valence-electron chi connectivity index (χ3n) is 7.27. The number of likely N-dealkylation sites (N-methyl/N-ethyl adjacent to an activating group) is 1. The van der Waals surface area contributed by atoms with Crippen molar-refractivity contribution in [2.24, 2.45) is 0 Å². The van der Waals surface area contributed by atoms with E-state index in [-0.39, 0.29) is 30.6 Å². The minimum atomic E-state index is -1.13. The van der Waals surface area contributed by atoms with E-state index in [2.05, 4.69) is 20.6 Å². The molecule has 45 heavy (non-hydrogen) atoms. The molecule has 0 fully saturated rings. The van der Waals surface area contributed by atoms with Crippen molar-refractivity contribution in [1.82, 2.24) is 24.8 Å². The first-order chi connectivity index (χ1) is 21.6. The highest BCUT2D eigenvalue weighted by Gasteiger charge is 2.21. The van der Waals surface area contributed by atoms with Crippen molar-refractivity contribution in [3.63, 3.8) is 0 Å². The fourth-order valence-electron chi connectivity index (χ4n) is 4.83. The monoisotopic (exact) mass is 612 g/mol. The number of carbonyl (C=O) groups is 2. The average Bonchev–Trinajstić information content (AvgIpc) is 3.02. The Balaban J connectivity index is 1.60. The molecule has 0 atom stereocenters. The second-order valence-corrected chi connectivity index (χ2v) is 10.4. The summed E-state index contributed by atoms with van der Waals surface area (Å²) in [5.41, 5.74) is 1.61. The van der Waals surface area contributed by atoms with Gasteiger partial charge in [0, 0.05) is 49.3 Å². The van der Waals surface area contributed by atoms with Gasteiger partial charge in [0.15, 0.2) is 5.65 Å². The molecular formula is C33H30F2N6O4. The second kappa shape index (κ2) is 13.3. The van der Waals surface area contributed by atoms with E-state index in [1.165, 1.54) is 25.2 Å². The molecule has 3 N–H and O–H groups in total. The van der Waals surface area contributed by atoms with Crippen molar-refractivity contribution >= 4 is 29.0 Å². The third kappa shape index (κ3) is 6.80. The Morgan fingerprint density at radius 1 is 0.933 bits per heavy atom. The molecule has 10 nitrogen and oxygen atoms in total. The fourth-order valence-corrected chi connectivity index (χ4v) is 4.83. The largest absolute Gasteiger partial charge is 0.465 e. The normalized spacial score (nSPS) is 10.9. The number of hydrogen-bond acceptors (Lipinski definition) is 6. The molecule has 0 aliphatic heterocycles. The van der Waals surface area contributed by atoms with Crippen LogP contribution in [0.15, 0.2) is 83.7 Å². The lowest BCUT2D eigenvalue weighted by atomic mass is 9.99. The topological polar surface area (TPSA) is 129 Å². The molecule has 0 aliphatic carbocycles. The highest BCUT2D eigenvalue weighted by molar-refractivity contribution is 5.98. The molecule has 0 radical (unpaired) electrons. The fraction of sp³-hybridized carbons (Fsp3) is 0.182. The van der Waals surface area contributed by atoms with Crippen LogP contribution in [0.5, 0.6) is 0 Å². The van der Waals surface area contributed by atoms with Gasteiger partial charge in [-0.1, -0.05) is 42.5 Å². The highest BCUT2D eigenvalue weighted by atomic mass is 19.1. The quantitative estimate of drug-likeness (QED) is 0.202. The van der Waals surface area contributed by atoms with Crippen molar-refractivity contribution in [2.45, 2.75) is 13.3 Å². The van der Waals surface area contributed by atoms with Crippen LogP contribution in [0.1, 0.15) is 21.5 Å². The van der Waals surface area contributed by atoms with E-state index >= 15 is 0 Å². The molecular weight excluding hydrogens is 582 g/mol. The zero-order valence-corrected chi connectivity index (χ0v) is 24.6. The first-order valence-electron chi connectivity index (χ1n) is 14.1. The summed E-state index contributed by atoms with van der Waals surface area (Å²) in [6, 6.07) is 20.8. The van der Waals surface area contributed by atoms with E-state index in [4.69, 9.17) is 0 Å². The summed E-state index contributed by atoms with van der Waals surface area (Å²) >= 11 is 0. The molecule has 2 aromatic heterocycles. The number of nitrogens with one attached hydrogen (secondary N) is 2. The molecule has 5 aromatic rings. The third-order valence-corrected chi connectivity index (χ3v) is 7.27. The molecule has 2 heterocycles. The number of benzene rings is 3. The van der Waals surface area contributed by atoms with E-state index in [1.807, 2.05) is 37.3 Å². The van der Waals surface area contributed by atoms with Crippen molar-refractivity contribution < 1.29 is 23.5 Å². The van der Waals surface area contributed by atoms with Crippen LogP contribution in [0.3, 0.4) is 0 Å². The first kappa shape index (κ1) is 30.8. The number of halogens is 2. The summed E-state index contributed by atoms with van der Waals surface area (Å²) in [6.45, 7) is 2.42. The summed E-state index contributed by atoms with van der Waals surface area (Å²) in [5, 5.41) is 15.4. The van der Waals surface area contributed by atoms with E-state index in [0.717, 1.165) is 32.7 Å². The number of carbonyl (C=O) groups excluding carboxylic acids is 1. The van der Waals surface area contributed by atoms with Crippen molar-refractivity contribution in [1.29, 1.82) is 0 Å². The SMILES string of the molecule is Cc1ccc(C(=O)NCCc2ccccc2)cc1-c1nc(NCCN(C)C(=O)O)nc2c1ccc(=O)n2-c1c(F)cccc1F. The van der Waals surface area contributed by atoms with Gasteiger partial charge in [0.25, 0.3) is 11.5 Å². The molecule has 230 valence electrons. The molecule has 0 saturated carbocycles. The number of nitrogens with zero attached hydrogens (tertiary/aromatic N) is 4. The van der Waals surface area contributed by atoms with Gasteiger partial charge in [-0.05, 0) is 54.8 Å². The number of carboxylic acid groups (broad SMARTS) is 1. The maximum atomic E-state index is 15.0. The Bertz CT molecular complexity index is 1930. The highest BCUT2D eigenvalue weighted by Crippen LogP contribution is 2.31. The molecule has 12 heteroatoms. The number of para-hydroxylation sites is 1. The van der Waals surface area contributed by atoms with Gasteiger partial charge >= 0.3 is 6.09 Å². The van der Waals surface area contributed by atoms with Gasteiger partial charge in [-0.25, -0.2) is 18.6 Å². The molecule has 3 aromatic carbocycles. The Kier molecular flexibility index (Phi) is 9.12. The number of pyridine rings is 1. The average molecular weight is 613 g/mol. The lowest BCUT2D eigenvalue weighted by molar-refractivity contribution is 0.0954. The van der Waals surface area contributed by atoms with Gasteiger partial charge in [0.2, 0.25) is 5.95 Å². The molecule has 0 aliphatic rings. The number of aromatic nitrogens is 3. The molecule has 0 bridgehead atoms. The second-order valence-electron chi connectivity index (χ2n) is 10.4. The van der Waals surface area contributed by atoms with E-state index in [1.54, 1.807) is 18.2 Å². The number of anilines is 1. The smallest absolute Gasteiger partial charge is 0.407 e. The van der Waals surface area contributed by atoms with Crippen LogP contribution in [0.25, 0.3) is 28.0 Å². The summed E-state index contributed by atoms with van der Waals surface area (Å²) in [7, 11) is 1.40. The Labute approximate surface area is 257 Å². The van der Waals surface area contributed by atoms with E-state index < -0.39 is 29.0 Å². The summed E-state index contributed by atoms with van der Waals surface area (Å²) in [4.78, 5) is 47.7. The van der Waals surface area contributed by atoms with Crippen molar-refractivity contribution in [3.05, 3.63) is 118 Å². The zero-order chi connectivity index (χ0) is 32.1. The van der Waals surface area contributed by atoms with E-state index in [9.17, 15) is 28.3 Å². The van der Waals surface area contributed by atoms with Gasteiger partial charge in [-0.3, -0.25) is 14.2 Å². The number of aryl methyl sites for hydroxylation is 1. The maximum absolute atomic E-state index is 15.0. The molecule has 0 saturated heterocycles. The lowest BCUT2D eigenvalue weighted by Gasteiger charge is -2.17. The van der Waals surface area contributed by atoms with Crippen molar-refractivity contribution in [3.8, 4) is 16.9 Å². The molecule has 0 unspecified atom stereocenters. The maximum Gasteiger partial charge on any atom is 0.407 e. The van der Waals surface area contributed by atoms with Crippen LogP contribution < -0.4 is 16.2 Å². The number of hydrogen-bond donors (Lipinski definition) is 3. The van der Waals surface area contributed by atoms with Gasteiger partial charge < -0.3 is 20.6 Å². The summed E-state index contributed by atoms with van der Waals surface area (Å²) in [5.74, 6) is -2.24. The van der Waals surface area contributed by atoms with Crippen LogP contribution in [-0.4, -0.2) is 63.2 Å². The molecule has 0 spiro atoms. The van der Waals surface area contributed by atoms with Crippen molar-refractivity contribution in [2.75, 3.05) is 32.0 Å². The number of rotatable bonds is 10. The predicted octanol–water partition coefficient (Wildman–Crippen LogP) is 5.03. The standard InChI is InChI=1S/C33H30F2N6O4/c1-20-11-12-22(31(43)36-16-15-21-7-4-3-5-8-21)19-24(20)28-23-13-14-27(42)41(29-25(34)9-6-10-26(29)35)30(23)39-32(38-28)37-17-18-40(2)33(44)45/h3-14,19H,15-18H2,1-2H3,(H,36,43)(H,44,45)(H,37,38,39). The predicted molar refractivity (Wildman–Crippen MR) is 167 cm³/mol. The van der Waals surface area contributed by atoms with Gasteiger partial charge in [0.05, 0.1) is 5.69 Å². The zero-order valence-electron chi connectivity index (χ0n) is 24.6. The van der Waals surface area contributed by atoms with Crippen LogP contribution >= 0.6 is 0 Å². The van der Waals surface area contributed by atoms with Crippen LogP contribution in [0.2, 0.25) is 0 Å². The summed E-state index contributed by atoms with van der Waals surface area (Å²) < 4.78 is 30.8. The van der Waals surface area contributed by atoms with Crippen LogP contribution in [-0.2, 0) is 6.42 Å². The summed E-state index contributed by atoms with van der Waals surface area (Å²) in [6.07, 6.45) is -0.479. The Morgan fingerprint density at radius 2 is 1.67 bits per heavy atom. The van der Waals surface area contributed by atoms with Gasteiger partial charge in [-0.15, -0.1) is 0 Å². The molecule has 5 rings (SSSR count). The van der Waals surface area contributed by atoms with Crippen LogP contribution in [0.4, 0.5) is 19.5 Å². The molecule has 2 amide bonds. The number of amides is 2. The Hall–Kier alpha value is -5.65. The number of fused-ring (bicyclic) bond motifs is 1. The lowest BCUT2D eigenvalue weighted by Crippen LogP contribution is -2.30. The first-order valence-corrected chi connectivity index (χ1v) is 14.1. The minimum Gasteiger partial charge on any atom is -0.465 e. The van der Waals surface area contributed by atoms with Crippen LogP contribution in [0, 0.1) is 18.6 Å².